The summed E-state index contributed by atoms with van der Waals surface area (Å²) in [5.74, 6) is 3.29. The van der Waals surface area contributed by atoms with Crippen LogP contribution in [0.15, 0.2) is 61.7 Å². The van der Waals surface area contributed by atoms with Crippen molar-refractivity contribution in [1.82, 2.24) is 59.1 Å². The van der Waals surface area contributed by atoms with E-state index in [1.54, 1.807) is 34.3 Å². The number of carbonyl (C=O) groups excluding carboxylic acids is 1. The van der Waals surface area contributed by atoms with Crippen LogP contribution in [-0.2, 0) is 41.5 Å². The van der Waals surface area contributed by atoms with Crippen molar-refractivity contribution >= 4 is 69.7 Å². The molecule has 0 bridgehead atoms. The second-order valence-electron chi connectivity index (χ2n) is 17.1. The molecule has 0 amide bonds. The molecule has 2 atom stereocenters. The summed E-state index contributed by atoms with van der Waals surface area (Å²) >= 11 is 16.1. The lowest BCUT2D eigenvalue weighted by Gasteiger charge is -2.32. The molecule has 0 saturated carbocycles. The maximum Gasteiger partial charge on any atom is 0.496 e. The van der Waals surface area contributed by atoms with Gasteiger partial charge in [-0.3, -0.25) is 18.6 Å². The van der Waals surface area contributed by atoms with Gasteiger partial charge in [0.2, 0.25) is 5.24 Å². The normalized spacial score (nSPS) is 13.8. The molecule has 460 valence electrons. The molecule has 0 radical (unpaired) electrons. The number of pyridine rings is 2. The maximum absolute atomic E-state index is 14.1. The fraction of sp³-hybridized carbons (Fsp3) is 0.490. The third kappa shape index (κ3) is 22.7. The van der Waals surface area contributed by atoms with E-state index in [0.717, 1.165) is 31.8 Å². The van der Waals surface area contributed by atoms with Crippen LogP contribution in [0, 0.1) is 11.6 Å². The number of nitrogens with zero attached hydrogens (tertiary/aromatic N) is 12. The molecule has 1 aliphatic heterocycles. The maximum atomic E-state index is 14.1. The first kappa shape index (κ1) is 74.7. The van der Waals surface area contributed by atoms with Crippen LogP contribution >= 0.6 is 34.8 Å². The Morgan fingerprint density at radius 1 is 0.663 bits per heavy atom. The van der Waals surface area contributed by atoms with Crippen molar-refractivity contribution in [3.63, 3.8) is 0 Å². The first-order chi connectivity index (χ1) is 37.5. The van der Waals surface area contributed by atoms with Crippen LogP contribution in [0.25, 0.3) is 22.6 Å². The number of nitrogens with one attached hydrogen (secondary N) is 1. The number of aromatic nitrogens is 12. The van der Waals surface area contributed by atoms with Gasteiger partial charge in [0.05, 0.1) is 41.7 Å². The average molecular weight is 1250 g/mol. The average Bonchev–Trinajstić information content (AvgIpc) is 3.76. The molecule has 7 aromatic rings. The minimum Gasteiger partial charge on any atom is -0.463 e. The van der Waals surface area contributed by atoms with E-state index >= 15 is 0 Å². The molecule has 0 unspecified atom stereocenters. The molecule has 8 heterocycles. The van der Waals surface area contributed by atoms with Gasteiger partial charge in [-0.2, -0.15) is 26.3 Å². The zero-order valence-electron chi connectivity index (χ0n) is 44.1. The van der Waals surface area contributed by atoms with Crippen LogP contribution in [0.5, 0.6) is 11.8 Å². The zero-order chi connectivity index (χ0) is 59.6. The molecule has 0 aliphatic carbocycles. The van der Waals surface area contributed by atoms with Gasteiger partial charge in [0.25, 0.3) is 11.8 Å². The molecule has 8 rings (SSSR count). The summed E-state index contributed by atoms with van der Waals surface area (Å²) in [6, 6.07) is 2.01. The number of carbonyl (C=O) groups is 1. The van der Waals surface area contributed by atoms with Crippen molar-refractivity contribution in [3.8, 4) is 23.0 Å². The number of rotatable bonds is 16. The van der Waals surface area contributed by atoms with Gasteiger partial charge in [-0.25, -0.2) is 39.5 Å². The highest BCUT2D eigenvalue weighted by molar-refractivity contribution is 6.64. The standard InChI is InChI=1S/C16H15F4N5O2.C14H18BF4NO3.C8H9ClN4O.C4H5ClN4.C4H7ClO2.3CH4/c1-3-26-8-14-24-23-13-6-21-12(7-25(13)14)10-4-11(17)15(22-5-10)27-9(2)16(18,19)20;1-8(14(17,18)19)21-11-10(16)6-9(7-20-11)15-22-12(2,3)13(4,5)23-15;1-2-14-5-8-12-11-7-3-10-6(9)4-13(7)8;5-3-1-8-4(9-6)2-7-3;1-2-7-3-4(5)6;;;/h4-7,9H,3,8H2,1-2H3;6-8H,1-5H3;3-4H,2,5H2,1H3;1-2H,6H2,(H,8,9);2-3H2,1H3;3*1H4/t9-;8-;;;;;;/m11....../s1. The van der Waals surface area contributed by atoms with Gasteiger partial charge in [0.15, 0.2) is 52.6 Å². The fourth-order valence-electron chi connectivity index (χ4n) is 5.73. The Bertz CT molecular complexity index is 3070. The van der Waals surface area contributed by atoms with Crippen molar-refractivity contribution in [2.75, 3.05) is 31.9 Å². The van der Waals surface area contributed by atoms with Crippen molar-refractivity contribution in [2.45, 2.75) is 134 Å². The SMILES string of the molecule is C.C.C.CCOCC(=O)Cl.CCOCc1nnc2cnc(-c3cnc(O[C@H](C)C(F)(F)F)c(F)c3)cn12.CCOCc1nnc2cnc(Cl)cn12.C[C@@H](Oc1ncc(B2OC(C)(C)C(C)(C)O2)cc1F)C(F)(F)F.NNc1cnc(Cl)cn1. The molecule has 3 N–H and O–H groups in total. The minimum absolute atomic E-state index is 0. The van der Waals surface area contributed by atoms with Crippen LogP contribution in [-0.4, -0.2) is 134 Å². The molecular weight excluding hydrogens is 1180 g/mol. The molecule has 22 nitrogen and oxygen atoms in total. The summed E-state index contributed by atoms with van der Waals surface area (Å²) in [6.45, 7) is 16.8. The van der Waals surface area contributed by atoms with E-state index < -0.39 is 71.5 Å². The number of halogens is 11. The van der Waals surface area contributed by atoms with Gasteiger partial charge < -0.3 is 38.4 Å². The topological polar surface area (TPSA) is 257 Å². The number of alkyl halides is 6. The molecule has 83 heavy (non-hydrogen) atoms. The predicted octanol–water partition coefficient (Wildman–Crippen LogP) is 10.5. The summed E-state index contributed by atoms with van der Waals surface area (Å²) in [7, 11) is -0.851. The Morgan fingerprint density at radius 3 is 1.55 bits per heavy atom. The van der Waals surface area contributed by atoms with Crippen LogP contribution in [0.3, 0.4) is 0 Å². The summed E-state index contributed by atoms with van der Waals surface area (Å²) in [5.41, 5.74) is 3.10. The highest BCUT2D eigenvalue weighted by Gasteiger charge is 2.52. The van der Waals surface area contributed by atoms with Gasteiger partial charge in [-0.05, 0) is 86.0 Å². The highest BCUT2D eigenvalue weighted by atomic mass is 35.5. The van der Waals surface area contributed by atoms with Crippen LogP contribution in [0.4, 0.5) is 40.9 Å². The van der Waals surface area contributed by atoms with Crippen LogP contribution in [0.1, 0.15) is 96.2 Å². The first-order valence-corrected chi connectivity index (χ1v) is 24.7. The second kappa shape index (κ2) is 33.8. The molecule has 0 aromatic carbocycles. The number of hydrogen-bond acceptors (Lipinski definition) is 20. The molecule has 34 heteroatoms. The minimum atomic E-state index is -4.62. The Kier molecular flexibility index (Phi) is 30.5. The van der Waals surface area contributed by atoms with Crippen molar-refractivity contribution < 1.29 is 72.9 Å². The quantitative estimate of drug-likeness (QED) is 0.0300. The van der Waals surface area contributed by atoms with Gasteiger partial charge >= 0.3 is 19.5 Å². The summed E-state index contributed by atoms with van der Waals surface area (Å²) in [4.78, 5) is 32.6. The Morgan fingerprint density at radius 2 is 1.13 bits per heavy atom. The molecule has 1 fully saturated rings. The van der Waals surface area contributed by atoms with E-state index in [4.69, 9.17) is 59.4 Å². The zero-order valence-corrected chi connectivity index (χ0v) is 46.4. The smallest absolute Gasteiger partial charge is 0.463 e. The first-order valence-electron chi connectivity index (χ1n) is 23.6. The largest absolute Gasteiger partial charge is 0.496 e. The van der Waals surface area contributed by atoms with Crippen LogP contribution < -0.4 is 26.2 Å². The van der Waals surface area contributed by atoms with Crippen molar-refractivity contribution in [2.24, 2.45) is 5.84 Å². The van der Waals surface area contributed by atoms with E-state index in [0.29, 0.717) is 65.4 Å². The number of ether oxygens (including phenoxy) is 5. The van der Waals surface area contributed by atoms with Crippen molar-refractivity contribution in [1.29, 1.82) is 0 Å². The predicted molar refractivity (Wildman–Crippen MR) is 295 cm³/mol. The van der Waals surface area contributed by atoms with E-state index in [2.05, 4.69) is 69.9 Å². The number of fused-ring (bicyclic) bond motifs is 2. The van der Waals surface area contributed by atoms with E-state index in [1.807, 2.05) is 41.5 Å². The van der Waals surface area contributed by atoms with Gasteiger partial charge in [-0.1, -0.05) is 45.5 Å². The lowest BCUT2D eigenvalue weighted by Crippen LogP contribution is -2.41. The lowest BCUT2D eigenvalue weighted by molar-refractivity contribution is -0.190. The third-order valence-electron chi connectivity index (χ3n) is 10.7. The second-order valence-corrected chi connectivity index (χ2v) is 18.3. The molecular formula is C49H66BCl3F8N14O8. The van der Waals surface area contributed by atoms with Gasteiger partial charge in [-0.15, -0.1) is 20.4 Å². The fourth-order valence-corrected chi connectivity index (χ4v) is 6.05. The highest BCUT2D eigenvalue weighted by Crippen LogP contribution is 2.37. The van der Waals surface area contributed by atoms with Crippen molar-refractivity contribution in [3.05, 3.63) is 95.3 Å². The van der Waals surface area contributed by atoms with E-state index in [1.165, 1.54) is 31.0 Å². The number of hydrazine groups is 1. The van der Waals surface area contributed by atoms with E-state index in [-0.39, 0.29) is 46.5 Å². The monoisotopic (exact) mass is 1250 g/mol. The third-order valence-corrected chi connectivity index (χ3v) is 11.2. The Hall–Kier alpha value is -6.32. The summed E-state index contributed by atoms with van der Waals surface area (Å²) in [6.07, 6.45) is -2.08. The summed E-state index contributed by atoms with van der Waals surface area (Å²) < 4.78 is 142. The Balaban J connectivity index is 0.000000554. The Labute approximate surface area is 489 Å². The lowest BCUT2D eigenvalue weighted by atomic mass is 9.80. The molecule has 0 spiro atoms. The summed E-state index contributed by atoms with van der Waals surface area (Å²) in [5, 5.41) is 16.1. The molecule has 7 aromatic heterocycles. The molecule has 1 aliphatic rings. The molecule has 1 saturated heterocycles. The number of nitrogens with two attached hydrogens (primary N) is 1. The van der Waals surface area contributed by atoms with Crippen LogP contribution in [0.2, 0.25) is 10.3 Å². The number of anilines is 1. The number of hydrogen-bond donors (Lipinski definition) is 2. The van der Waals surface area contributed by atoms with Gasteiger partial charge in [0, 0.05) is 55.6 Å². The number of nitrogen functional groups attached to an aromatic ring is 1. The van der Waals surface area contributed by atoms with Gasteiger partial charge in [0.1, 0.15) is 30.1 Å². The van der Waals surface area contributed by atoms with E-state index in [9.17, 15) is 39.9 Å².